The molecular weight excluding hydrogens is 356 g/mol. The largest absolute Gasteiger partial charge is 0.501 e. The Hall–Kier alpha value is -0.513. The first-order valence-electron chi connectivity index (χ1n) is 9.92. The summed E-state index contributed by atoms with van der Waals surface area (Å²) in [5.41, 5.74) is 0. The predicted molar refractivity (Wildman–Crippen MR) is 102 cm³/mol. The molecule has 156 valence electrons. The Morgan fingerprint density at radius 1 is 0.846 bits per heavy atom. The molecule has 1 atom stereocenters. The lowest BCUT2D eigenvalue weighted by atomic mass is 10.4. The van der Waals surface area contributed by atoms with E-state index in [9.17, 15) is 9.90 Å². The monoisotopic (exact) mass is 394 g/mol. The highest BCUT2D eigenvalue weighted by Crippen LogP contribution is 2.20. The first kappa shape index (κ1) is 25.5. The third kappa shape index (κ3) is 12.0. The maximum atomic E-state index is 11.4. The molecule has 2 N–H and O–H groups in total. The van der Waals surface area contributed by atoms with Gasteiger partial charge >= 0.3 is 14.8 Å². The van der Waals surface area contributed by atoms with Crippen LogP contribution in [0.25, 0.3) is 0 Å². The number of carbonyl (C=O) groups excluding carboxylic acids is 1. The molecule has 0 rings (SSSR count). The summed E-state index contributed by atoms with van der Waals surface area (Å²) in [6, 6.07) is 0.562. The van der Waals surface area contributed by atoms with E-state index in [4.69, 9.17) is 23.1 Å². The van der Waals surface area contributed by atoms with Gasteiger partial charge in [-0.25, -0.2) is 4.79 Å². The van der Waals surface area contributed by atoms with Crippen molar-refractivity contribution in [2.45, 2.75) is 77.9 Å². The van der Waals surface area contributed by atoms with E-state index in [0.717, 1.165) is 38.5 Å². The van der Waals surface area contributed by atoms with Crippen LogP contribution in [0.5, 0.6) is 0 Å². The standard InChI is InChI=1S/C18H38O7Si/c1-4-7-12-23-26(24-13-8-5-2,25-14-9-6-3)15-10-11-22-18(21)17(20)16-19/h17,19-20H,4-16H2,1-3H3. The molecule has 26 heavy (non-hydrogen) atoms. The molecule has 0 aliphatic rings. The van der Waals surface area contributed by atoms with Crippen molar-refractivity contribution in [1.82, 2.24) is 0 Å². The van der Waals surface area contributed by atoms with Crippen LogP contribution in [-0.2, 0) is 22.8 Å². The van der Waals surface area contributed by atoms with Crippen LogP contribution in [-0.4, -0.2) is 64.1 Å². The van der Waals surface area contributed by atoms with Crippen LogP contribution in [0, 0.1) is 0 Å². The second-order valence-electron chi connectivity index (χ2n) is 6.26. The lowest BCUT2D eigenvalue weighted by molar-refractivity contribution is -0.155. The molecule has 0 aromatic heterocycles. The predicted octanol–water partition coefficient (Wildman–Crippen LogP) is 2.66. The maximum Gasteiger partial charge on any atom is 0.501 e. The Labute approximate surface area is 159 Å². The average Bonchev–Trinajstić information content (AvgIpc) is 2.65. The molecule has 0 aliphatic carbocycles. The summed E-state index contributed by atoms with van der Waals surface area (Å²) in [7, 11) is -2.82. The molecule has 0 fully saturated rings. The van der Waals surface area contributed by atoms with Crippen LogP contribution in [0.2, 0.25) is 6.04 Å². The van der Waals surface area contributed by atoms with Crippen molar-refractivity contribution in [2.75, 3.05) is 33.0 Å². The lowest BCUT2D eigenvalue weighted by Gasteiger charge is -2.30. The number of hydrogen-bond acceptors (Lipinski definition) is 7. The minimum absolute atomic E-state index is 0.135. The minimum atomic E-state index is -2.82. The number of esters is 1. The molecule has 0 saturated heterocycles. The van der Waals surface area contributed by atoms with Gasteiger partial charge < -0.3 is 28.2 Å². The molecule has 7 nitrogen and oxygen atoms in total. The first-order valence-corrected chi connectivity index (χ1v) is 11.9. The second-order valence-corrected chi connectivity index (χ2v) is 8.99. The normalized spacial score (nSPS) is 13.0. The number of ether oxygens (including phenoxy) is 1. The summed E-state index contributed by atoms with van der Waals surface area (Å²) < 4.78 is 23.3. The quantitative estimate of drug-likeness (QED) is 0.210. The van der Waals surface area contributed by atoms with Crippen molar-refractivity contribution in [1.29, 1.82) is 0 Å². The number of carbonyl (C=O) groups is 1. The van der Waals surface area contributed by atoms with Crippen molar-refractivity contribution >= 4 is 14.8 Å². The number of hydrogen-bond donors (Lipinski definition) is 2. The second kappa shape index (κ2) is 16.6. The zero-order valence-corrected chi connectivity index (χ0v) is 17.7. The van der Waals surface area contributed by atoms with Gasteiger partial charge in [0.2, 0.25) is 0 Å². The van der Waals surface area contributed by atoms with Crippen molar-refractivity contribution in [3.8, 4) is 0 Å². The summed E-state index contributed by atoms with van der Waals surface area (Å²) in [5, 5.41) is 18.0. The van der Waals surface area contributed by atoms with E-state index in [2.05, 4.69) is 20.8 Å². The molecule has 0 saturated carbocycles. The molecule has 0 spiro atoms. The van der Waals surface area contributed by atoms with Gasteiger partial charge in [-0.15, -0.1) is 0 Å². The summed E-state index contributed by atoms with van der Waals surface area (Å²) in [5.74, 6) is -0.814. The zero-order valence-electron chi connectivity index (χ0n) is 16.7. The lowest BCUT2D eigenvalue weighted by Crippen LogP contribution is -2.47. The number of aliphatic hydroxyl groups excluding tert-OH is 2. The first-order chi connectivity index (χ1) is 12.5. The van der Waals surface area contributed by atoms with E-state index in [0.29, 0.717) is 32.3 Å². The van der Waals surface area contributed by atoms with Crippen molar-refractivity contribution in [3.63, 3.8) is 0 Å². The topological polar surface area (TPSA) is 94.5 Å². The van der Waals surface area contributed by atoms with Crippen LogP contribution in [0.4, 0.5) is 0 Å². The van der Waals surface area contributed by atoms with Crippen LogP contribution in [0.1, 0.15) is 65.7 Å². The molecule has 0 heterocycles. The van der Waals surface area contributed by atoms with Gasteiger partial charge in [0, 0.05) is 25.9 Å². The van der Waals surface area contributed by atoms with E-state index in [1.54, 1.807) is 0 Å². The Morgan fingerprint density at radius 2 is 1.31 bits per heavy atom. The van der Waals surface area contributed by atoms with E-state index in [1.807, 2.05) is 0 Å². The van der Waals surface area contributed by atoms with Gasteiger partial charge in [-0.3, -0.25) is 0 Å². The van der Waals surface area contributed by atoms with Gasteiger partial charge in [0.1, 0.15) is 0 Å². The smallest absolute Gasteiger partial charge is 0.464 e. The van der Waals surface area contributed by atoms with Gasteiger partial charge in [0.25, 0.3) is 0 Å². The summed E-state index contributed by atoms with van der Waals surface area (Å²) in [4.78, 5) is 11.4. The summed E-state index contributed by atoms with van der Waals surface area (Å²) in [6.07, 6.45) is 4.98. The van der Waals surface area contributed by atoms with Crippen molar-refractivity contribution in [3.05, 3.63) is 0 Å². The summed E-state index contributed by atoms with van der Waals surface area (Å²) in [6.45, 7) is 7.61. The highest BCUT2D eigenvalue weighted by atomic mass is 28.4. The zero-order chi connectivity index (χ0) is 19.7. The molecule has 8 heteroatoms. The van der Waals surface area contributed by atoms with Gasteiger partial charge in [-0.2, -0.15) is 0 Å². The number of aliphatic hydroxyl groups is 2. The average molecular weight is 395 g/mol. The SMILES string of the molecule is CCCCO[Si](CCCOC(=O)C(O)CO)(OCCCC)OCCCC. The van der Waals surface area contributed by atoms with Gasteiger partial charge in [0.15, 0.2) is 6.10 Å². The highest BCUT2D eigenvalue weighted by molar-refractivity contribution is 6.60. The fraction of sp³-hybridized carbons (Fsp3) is 0.944. The van der Waals surface area contributed by atoms with Crippen LogP contribution in [0.15, 0.2) is 0 Å². The molecule has 0 radical (unpaired) electrons. The van der Waals surface area contributed by atoms with E-state index in [-0.39, 0.29) is 6.61 Å². The number of unbranched alkanes of at least 4 members (excludes halogenated alkanes) is 3. The fourth-order valence-electron chi connectivity index (χ4n) is 2.09. The third-order valence-corrected chi connectivity index (χ3v) is 6.67. The molecule has 0 aromatic rings. The molecule has 0 bridgehead atoms. The summed E-state index contributed by atoms with van der Waals surface area (Å²) >= 11 is 0. The third-order valence-electron chi connectivity index (χ3n) is 3.78. The van der Waals surface area contributed by atoms with Gasteiger partial charge in [-0.05, 0) is 25.7 Å². The highest BCUT2D eigenvalue weighted by Gasteiger charge is 2.40. The van der Waals surface area contributed by atoms with Gasteiger partial charge in [-0.1, -0.05) is 40.0 Å². The van der Waals surface area contributed by atoms with E-state index in [1.165, 1.54) is 0 Å². The van der Waals surface area contributed by atoms with Crippen LogP contribution in [0.3, 0.4) is 0 Å². The molecule has 0 amide bonds. The maximum absolute atomic E-state index is 11.4. The molecule has 0 aliphatic heterocycles. The Balaban J connectivity index is 4.67. The minimum Gasteiger partial charge on any atom is -0.464 e. The fourth-order valence-corrected chi connectivity index (χ4v) is 4.72. The Morgan fingerprint density at radius 3 is 1.69 bits per heavy atom. The van der Waals surface area contributed by atoms with Crippen molar-refractivity contribution in [2.24, 2.45) is 0 Å². The molecule has 0 aromatic carbocycles. The van der Waals surface area contributed by atoms with E-state index < -0.39 is 27.5 Å². The Bertz CT molecular complexity index is 315. The van der Waals surface area contributed by atoms with Crippen LogP contribution < -0.4 is 0 Å². The van der Waals surface area contributed by atoms with E-state index >= 15 is 0 Å². The van der Waals surface area contributed by atoms with Crippen molar-refractivity contribution < 1.29 is 33.0 Å². The number of rotatable bonds is 18. The Kier molecular flexibility index (Phi) is 16.3. The molecular formula is C18H38O7Si. The van der Waals surface area contributed by atoms with Crippen LogP contribution >= 0.6 is 0 Å². The molecule has 1 unspecified atom stereocenters. The van der Waals surface area contributed by atoms with Gasteiger partial charge in [0.05, 0.1) is 13.2 Å².